The van der Waals surface area contributed by atoms with E-state index in [1.165, 1.54) is 0 Å². The van der Waals surface area contributed by atoms with Crippen LogP contribution in [0.1, 0.15) is 19.8 Å². The van der Waals surface area contributed by atoms with Crippen molar-refractivity contribution >= 4 is 17.7 Å². The molecule has 1 amide bonds. The number of benzene rings is 1. The third-order valence-electron chi connectivity index (χ3n) is 3.21. The second-order valence-electron chi connectivity index (χ2n) is 4.78. The van der Waals surface area contributed by atoms with Crippen LogP contribution in [0, 0.1) is 0 Å². The maximum atomic E-state index is 11.9. The Kier molecular flexibility index (Phi) is 6.21. The minimum absolute atomic E-state index is 0.121. The van der Waals surface area contributed by atoms with Gasteiger partial charge in [-0.25, -0.2) is 0 Å². The van der Waals surface area contributed by atoms with Gasteiger partial charge in [0.2, 0.25) is 5.91 Å². The van der Waals surface area contributed by atoms with Crippen LogP contribution in [-0.2, 0) is 4.79 Å². The van der Waals surface area contributed by atoms with E-state index in [9.17, 15) is 4.79 Å². The number of carbonyl (C=O) groups is 1. The Bertz CT molecular complexity index is 416. The molecule has 0 spiro atoms. The zero-order valence-electron chi connectivity index (χ0n) is 11.9. The van der Waals surface area contributed by atoms with E-state index in [0.29, 0.717) is 18.4 Å². The maximum absolute atomic E-state index is 11.9. The van der Waals surface area contributed by atoms with Crippen LogP contribution in [0.5, 0.6) is 5.75 Å². The Labute approximate surface area is 124 Å². The van der Waals surface area contributed by atoms with Crippen molar-refractivity contribution in [3.63, 3.8) is 0 Å². The molecule has 1 aliphatic rings. The van der Waals surface area contributed by atoms with Gasteiger partial charge in [-0.2, -0.15) is 0 Å². The van der Waals surface area contributed by atoms with Gasteiger partial charge in [-0.3, -0.25) is 4.79 Å². The van der Waals surface area contributed by atoms with Gasteiger partial charge in [0.25, 0.3) is 0 Å². The average molecular weight is 294 g/mol. The average Bonchev–Trinajstić information content (AvgIpc) is 2.48. The maximum Gasteiger partial charge on any atom is 0.230 e. The molecule has 0 unspecified atom stereocenters. The Morgan fingerprint density at radius 2 is 2.05 bits per heavy atom. The SMILES string of the molecule is CCOc1ccc(SCC(=O)NC2CCNCC2)cc1. The summed E-state index contributed by atoms with van der Waals surface area (Å²) in [6, 6.07) is 8.21. The fraction of sp³-hybridized carbons (Fsp3) is 0.533. The van der Waals surface area contributed by atoms with Gasteiger partial charge < -0.3 is 15.4 Å². The number of thioether (sulfide) groups is 1. The normalized spacial score (nSPS) is 15.8. The predicted molar refractivity (Wildman–Crippen MR) is 82.4 cm³/mol. The van der Waals surface area contributed by atoms with E-state index in [2.05, 4.69) is 10.6 Å². The van der Waals surface area contributed by atoms with E-state index in [0.717, 1.165) is 36.6 Å². The lowest BCUT2D eigenvalue weighted by atomic mass is 10.1. The highest BCUT2D eigenvalue weighted by atomic mass is 32.2. The summed E-state index contributed by atoms with van der Waals surface area (Å²) in [5.41, 5.74) is 0. The van der Waals surface area contributed by atoms with Crippen molar-refractivity contribution in [2.24, 2.45) is 0 Å². The van der Waals surface area contributed by atoms with Crippen LogP contribution in [0.3, 0.4) is 0 Å². The monoisotopic (exact) mass is 294 g/mol. The molecule has 0 saturated carbocycles. The van der Waals surface area contributed by atoms with Crippen LogP contribution in [0.4, 0.5) is 0 Å². The van der Waals surface area contributed by atoms with Crippen molar-refractivity contribution in [2.45, 2.75) is 30.7 Å². The molecule has 4 nitrogen and oxygen atoms in total. The molecule has 1 aromatic rings. The summed E-state index contributed by atoms with van der Waals surface area (Å²) < 4.78 is 5.39. The van der Waals surface area contributed by atoms with Gasteiger partial charge >= 0.3 is 0 Å². The Morgan fingerprint density at radius 1 is 1.35 bits per heavy atom. The molecule has 1 aliphatic heterocycles. The van der Waals surface area contributed by atoms with Crippen LogP contribution in [-0.4, -0.2) is 37.4 Å². The molecule has 0 radical (unpaired) electrons. The Balaban J connectivity index is 1.72. The lowest BCUT2D eigenvalue weighted by Gasteiger charge is -2.23. The van der Waals surface area contributed by atoms with E-state index < -0.39 is 0 Å². The summed E-state index contributed by atoms with van der Waals surface area (Å²) in [5, 5.41) is 6.39. The zero-order valence-corrected chi connectivity index (χ0v) is 12.7. The van der Waals surface area contributed by atoms with Gasteiger partial charge in [-0.15, -0.1) is 11.8 Å². The minimum atomic E-state index is 0.121. The van der Waals surface area contributed by atoms with Crippen LogP contribution < -0.4 is 15.4 Å². The fourth-order valence-corrected chi connectivity index (χ4v) is 2.89. The van der Waals surface area contributed by atoms with Crippen molar-refractivity contribution in [3.05, 3.63) is 24.3 Å². The third-order valence-corrected chi connectivity index (χ3v) is 4.22. The second-order valence-corrected chi connectivity index (χ2v) is 5.83. The number of hydrogen-bond acceptors (Lipinski definition) is 4. The van der Waals surface area contributed by atoms with Gasteiger partial charge in [0.05, 0.1) is 12.4 Å². The molecular weight excluding hydrogens is 272 g/mol. The Morgan fingerprint density at radius 3 is 2.70 bits per heavy atom. The van der Waals surface area contributed by atoms with Crippen LogP contribution in [0.25, 0.3) is 0 Å². The summed E-state index contributed by atoms with van der Waals surface area (Å²) >= 11 is 1.56. The first kappa shape index (κ1) is 15.2. The minimum Gasteiger partial charge on any atom is -0.494 e. The molecule has 20 heavy (non-hydrogen) atoms. The van der Waals surface area contributed by atoms with Crippen LogP contribution >= 0.6 is 11.8 Å². The summed E-state index contributed by atoms with van der Waals surface area (Å²) in [4.78, 5) is 13.0. The summed E-state index contributed by atoms with van der Waals surface area (Å²) in [7, 11) is 0. The number of nitrogens with one attached hydrogen (secondary N) is 2. The fourth-order valence-electron chi connectivity index (χ4n) is 2.18. The summed E-state index contributed by atoms with van der Waals surface area (Å²) in [5.74, 6) is 1.46. The first-order valence-corrected chi connectivity index (χ1v) is 8.12. The number of hydrogen-bond donors (Lipinski definition) is 2. The molecule has 2 N–H and O–H groups in total. The molecule has 110 valence electrons. The first-order chi connectivity index (χ1) is 9.78. The van der Waals surface area contributed by atoms with Gasteiger partial charge in [-0.1, -0.05) is 0 Å². The van der Waals surface area contributed by atoms with Gasteiger partial charge in [-0.05, 0) is 57.1 Å². The number of carbonyl (C=O) groups excluding carboxylic acids is 1. The number of amides is 1. The molecule has 1 heterocycles. The van der Waals surface area contributed by atoms with Gasteiger partial charge in [0, 0.05) is 10.9 Å². The van der Waals surface area contributed by atoms with Crippen molar-refractivity contribution in [1.29, 1.82) is 0 Å². The Hall–Kier alpha value is -1.20. The first-order valence-electron chi connectivity index (χ1n) is 7.13. The van der Waals surface area contributed by atoms with Gasteiger partial charge in [0.15, 0.2) is 0 Å². The van der Waals surface area contributed by atoms with E-state index in [1.807, 2.05) is 31.2 Å². The second kappa shape index (κ2) is 8.17. The molecule has 2 rings (SSSR count). The lowest BCUT2D eigenvalue weighted by molar-refractivity contribution is -0.119. The zero-order chi connectivity index (χ0) is 14.2. The molecular formula is C15H22N2O2S. The van der Waals surface area contributed by atoms with Crippen molar-refractivity contribution < 1.29 is 9.53 Å². The molecule has 5 heteroatoms. The molecule has 0 aromatic heterocycles. The predicted octanol–water partition coefficient (Wildman–Crippen LogP) is 2.05. The molecule has 0 aliphatic carbocycles. The molecule has 0 atom stereocenters. The molecule has 1 fully saturated rings. The number of ether oxygens (including phenoxy) is 1. The molecule has 1 aromatic carbocycles. The van der Waals surface area contributed by atoms with Gasteiger partial charge in [0.1, 0.15) is 5.75 Å². The summed E-state index contributed by atoms with van der Waals surface area (Å²) in [6.07, 6.45) is 2.05. The van der Waals surface area contributed by atoms with Crippen LogP contribution in [0.15, 0.2) is 29.2 Å². The third kappa shape index (κ3) is 5.06. The number of piperidine rings is 1. The lowest BCUT2D eigenvalue weighted by Crippen LogP contribution is -2.43. The van der Waals surface area contributed by atoms with Crippen molar-refractivity contribution in [2.75, 3.05) is 25.4 Å². The molecule has 0 bridgehead atoms. The van der Waals surface area contributed by atoms with E-state index in [-0.39, 0.29) is 5.91 Å². The summed E-state index contributed by atoms with van der Waals surface area (Å²) in [6.45, 7) is 4.63. The smallest absolute Gasteiger partial charge is 0.230 e. The largest absolute Gasteiger partial charge is 0.494 e. The highest BCUT2D eigenvalue weighted by Gasteiger charge is 2.15. The van der Waals surface area contributed by atoms with E-state index in [1.54, 1.807) is 11.8 Å². The topological polar surface area (TPSA) is 50.4 Å². The standard InChI is InChI=1S/C15H22N2O2S/c1-2-19-13-3-5-14(6-4-13)20-11-15(18)17-12-7-9-16-10-8-12/h3-6,12,16H,2,7-11H2,1H3,(H,17,18). The van der Waals surface area contributed by atoms with E-state index in [4.69, 9.17) is 4.74 Å². The highest BCUT2D eigenvalue weighted by Crippen LogP contribution is 2.21. The van der Waals surface area contributed by atoms with Crippen LogP contribution in [0.2, 0.25) is 0 Å². The number of rotatable bonds is 6. The van der Waals surface area contributed by atoms with Crippen molar-refractivity contribution in [3.8, 4) is 5.75 Å². The highest BCUT2D eigenvalue weighted by molar-refractivity contribution is 8.00. The molecule has 1 saturated heterocycles. The van der Waals surface area contributed by atoms with Crippen molar-refractivity contribution in [1.82, 2.24) is 10.6 Å². The quantitative estimate of drug-likeness (QED) is 0.788. The van der Waals surface area contributed by atoms with E-state index >= 15 is 0 Å².